The van der Waals surface area contributed by atoms with Gasteiger partial charge in [0.1, 0.15) is 17.9 Å². The normalized spacial score (nSPS) is 28.9. The van der Waals surface area contributed by atoms with E-state index in [4.69, 9.17) is 5.73 Å². The molecule has 17 heavy (non-hydrogen) atoms. The largest absolute Gasteiger partial charge is 0.390 e. The fourth-order valence-corrected chi connectivity index (χ4v) is 2.36. The van der Waals surface area contributed by atoms with Gasteiger partial charge in [-0.25, -0.2) is 15.0 Å². The van der Waals surface area contributed by atoms with Crippen LogP contribution in [0.25, 0.3) is 11.2 Å². The summed E-state index contributed by atoms with van der Waals surface area (Å²) in [5, 5.41) is 19.4. The van der Waals surface area contributed by atoms with Crippen LogP contribution in [0.2, 0.25) is 0 Å². The maximum atomic E-state index is 9.88. The number of nitrogens with zero attached hydrogens (tertiary/aromatic N) is 4. The Hall–Kier alpha value is -1.73. The molecule has 0 amide bonds. The van der Waals surface area contributed by atoms with Crippen molar-refractivity contribution in [3.63, 3.8) is 0 Å². The summed E-state index contributed by atoms with van der Waals surface area (Å²) in [5.41, 5.74) is 6.81. The van der Waals surface area contributed by atoms with Gasteiger partial charge in [-0.15, -0.1) is 0 Å². The zero-order valence-corrected chi connectivity index (χ0v) is 9.06. The van der Waals surface area contributed by atoms with Gasteiger partial charge in [0.15, 0.2) is 11.5 Å². The molecule has 2 heterocycles. The molecule has 3 atom stereocenters. The van der Waals surface area contributed by atoms with E-state index in [1.165, 1.54) is 6.33 Å². The summed E-state index contributed by atoms with van der Waals surface area (Å²) in [6.07, 6.45) is 2.75. The van der Waals surface area contributed by atoms with Gasteiger partial charge < -0.3 is 20.5 Å². The number of fused-ring (bicyclic) bond motifs is 1. The first-order valence-corrected chi connectivity index (χ1v) is 5.47. The third-order valence-electron chi connectivity index (χ3n) is 3.29. The summed E-state index contributed by atoms with van der Waals surface area (Å²) in [6.45, 7) is 0. The van der Waals surface area contributed by atoms with E-state index in [0.29, 0.717) is 29.8 Å². The van der Waals surface area contributed by atoms with E-state index in [9.17, 15) is 10.2 Å². The van der Waals surface area contributed by atoms with Crippen LogP contribution >= 0.6 is 0 Å². The second-order valence-electron chi connectivity index (χ2n) is 4.29. The van der Waals surface area contributed by atoms with E-state index in [1.54, 1.807) is 10.9 Å². The molecular weight excluding hydrogens is 222 g/mol. The smallest absolute Gasteiger partial charge is 0.165 e. The molecule has 0 spiro atoms. The number of hydrogen-bond donors (Lipinski definition) is 3. The molecule has 0 bridgehead atoms. The lowest BCUT2D eigenvalue weighted by atomic mass is 10.2. The van der Waals surface area contributed by atoms with Crippen molar-refractivity contribution < 1.29 is 10.2 Å². The van der Waals surface area contributed by atoms with Gasteiger partial charge in [0.2, 0.25) is 0 Å². The molecule has 1 aliphatic rings. The van der Waals surface area contributed by atoms with Gasteiger partial charge in [-0.3, -0.25) is 0 Å². The average Bonchev–Trinajstić information content (AvgIpc) is 2.86. The van der Waals surface area contributed by atoms with Gasteiger partial charge in [0.25, 0.3) is 0 Å². The Morgan fingerprint density at radius 3 is 2.76 bits per heavy atom. The first-order valence-electron chi connectivity index (χ1n) is 5.47. The second-order valence-corrected chi connectivity index (χ2v) is 4.29. The van der Waals surface area contributed by atoms with Crippen LogP contribution < -0.4 is 5.73 Å². The van der Waals surface area contributed by atoms with Crippen LogP contribution in [0.5, 0.6) is 0 Å². The van der Waals surface area contributed by atoms with E-state index in [0.717, 1.165) is 0 Å². The molecule has 0 aromatic carbocycles. The molecule has 7 heteroatoms. The first kappa shape index (κ1) is 10.4. The number of nitrogens with two attached hydrogens (primary N) is 1. The average molecular weight is 235 g/mol. The van der Waals surface area contributed by atoms with Crippen molar-refractivity contribution in [3.05, 3.63) is 12.7 Å². The monoisotopic (exact) mass is 235 g/mol. The summed E-state index contributed by atoms with van der Waals surface area (Å²) in [7, 11) is 0. The van der Waals surface area contributed by atoms with Crippen molar-refractivity contribution >= 4 is 17.0 Å². The number of nitrogen functional groups attached to an aromatic ring is 1. The van der Waals surface area contributed by atoms with Gasteiger partial charge in [-0.1, -0.05) is 0 Å². The molecule has 1 fully saturated rings. The quantitative estimate of drug-likeness (QED) is 0.612. The molecule has 0 aliphatic heterocycles. The number of anilines is 1. The van der Waals surface area contributed by atoms with Crippen LogP contribution in [0.15, 0.2) is 12.7 Å². The molecule has 1 saturated carbocycles. The predicted octanol–water partition coefficient (Wildman–Crippen LogP) is -0.535. The first-order chi connectivity index (χ1) is 8.18. The zero-order valence-electron chi connectivity index (χ0n) is 9.06. The van der Waals surface area contributed by atoms with Crippen molar-refractivity contribution in [3.8, 4) is 0 Å². The Morgan fingerprint density at radius 2 is 2.06 bits per heavy atom. The number of aliphatic hydroxyl groups is 2. The lowest BCUT2D eigenvalue weighted by molar-refractivity contribution is 0.0241. The number of rotatable bonds is 1. The molecule has 3 rings (SSSR count). The lowest BCUT2D eigenvalue weighted by Gasteiger charge is -2.17. The molecule has 0 radical (unpaired) electrons. The van der Waals surface area contributed by atoms with Gasteiger partial charge in [-0.05, 0) is 12.8 Å². The standard InChI is InChI=1S/C10H13N5O2/c11-9-7-10(13-3-12-9)15(4-14-7)5-1-2-6(16)8(5)17/h3-6,8,16-17H,1-2H2,(H2,11,12,13)/t5-,6?,8?/m1/s1. The van der Waals surface area contributed by atoms with Crippen molar-refractivity contribution in [2.45, 2.75) is 31.1 Å². The van der Waals surface area contributed by atoms with Gasteiger partial charge in [-0.2, -0.15) is 0 Å². The van der Waals surface area contributed by atoms with E-state index < -0.39 is 12.2 Å². The Labute approximate surface area is 96.9 Å². The lowest BCUT2D eigenvalue weighted by Crippen LogP contribution is -2.26. The highest BCUT2D eigenvalue weighted by atomic mass is 16.3. The molecule has 2 unspecified atom stereocenters. The Kier molecular flexibility index (Phi) is 2.23. The third-order valence-corrected chi connectivity index (χ3v) is 3.29. The van der Waals surface area contributed by atoms with Crippen molar-refractivity contribution in [2.24, 2.45) is 0 Å². The third kappa shape index (κ3) is 1.47. The highest BCUT2D eigenvalue weighted by Crippen LogP contribution is 2.32. The summed E-state index contributed by atoms with van der Waals surface area (Å²) in [5.74, 6) is 0.321. The van der Waals surface area contributed by atoms with Crippen LogP contribution in [0.1, 0.15) is 18.9 Å². The van der Waals surface area contributed by atoms with Gasteiger partial charge in [0, 0.05) is 0 Å². The maximum absolute atomic E-state index is 9.88. The molecule has 4 N–H and O–H groups in total. The minimum atomic E-state index is -0.788. The number of aliphatic hydroxyl groups excluding tert-OH is 2. The van der Waals surface area contributed by atoms with E-state index >= 15 is 0 Å². The summed E-state index contributed by atoms with van der Waals surface area (Å²) < 4.78 is 1.76. The van der Waals surface area contributed by atoms with Crippen LogP contribution in [0.3, 0.4) is 0 Å². The van der Waals surface area contributed by atoms with Gasteiger partial charge in [0.05, 0.1) is 18.5 Å². The minimum Gasteiger partial charge on any atom is -0.390 e. The summed E-state index contributed by atoms with van der Waals surface area (Å²) in [6, 6.07) is -0.204. The molecule has 90 valence electrons. The highest BCUT2D eigenvalue weighted by molar-refractivity contribution is 5.81. The Bertz CT molecular complexity index is 555. The summed E-state index contributed by atoms with van der Waals surface area (Å²) in [4.78, 5) is 12.1. The number of aromatic nitrogens is 4. The predicted molar refractivity (Wildman–Crippen MR) is 60.0 cm³/mol. The van der Waals surface area contributed by atoms with Crippen molar-refractivity contribution in [1.82, 2.24) is 19.5 Å². The molecule has 0 saturated heterocycles. The summed E-state index contributed by atoms with van der Waals surface area (Å²) >= 11 is 0. The van der Waals surface area contributed by atoms with Gasteiger partial charge >= 0.3 is 0 Å². The van der Waals surface area contributed by atoms with Crippen LogP contribution in [-0.4, -0.2) is 41.9 Å². The van der Waals surface area contributed by atoms with E-state index in [-0.39, 0.29) is 6.04 Å². The maximum Gasteiger partial charge on any atom is 0.165 e. The molecule has 2 aromatic rings. The van der Waals surface area contributed by atoms with E-state index in [1.807, 2.05) is 0 Å². The van der Waals surface area contributed by atoms with E-state index in [2.05, 4.69) is 15.0 Å². The molecular formula is C10H13N5O2. The number of hydrogen-bond acceptors (Lipinski definition) is 6. The van der Waals surface area contributed by atoms with Crippen LogP contribution in [-0.2, 0) is 0 Å². The molecule has 1 aliphatic carbocycles. The minimum absolute atomic E-state index is 0.204. The SMILES string of the molecule is Nc1ncnc2c1ncn2[C@@H]1CCC(O)C1O. The Morgan fingerprint density at radius 1 is 1.24 bits per heavy atom. The number of imidazole rings is 1. The molecule has 7 nitrogen and oxygen atoms in total. The van der Waals surface area contributed by atoms with Crippen molar-refractivity contribution in [1.29, 1.82) is 0 Å². The van der Waals surface area contributed by atoms with Crippen LogP contribution in [0, 0.1) is 0 Å². The fraction of sp³-hybridized carbons (Fsp3) is 0.500. The van der Waals surface area contributed by atoms with Crippen LogP contribution in [0.4, 0.5) is 5.82 Å². The fourth-order valence-electron chi connectivity index (χ4n) is 2.36. The topological polar surface area (TPSA) is 110 Å². The molecule has 2 aromatic heterocycles. The highest BCUT2D eigenvalue weighted by Gasteiger charge is 2.35. The van der Waals surface area contributed by atoms with Crippen molar-refractivity contribution in [2.75, 3.05) is 5.73 Å². The Balaban J connectivity index is 2.10. The zero-order chi connectivity index (χ0) is 12.0. The second kappa shape index (κ2) is 3.64.